The van der Waals surface area contributed by atoms with Gasteiger partial charge in [-0.2, -0.15) is 14.0 Å². The van der Waals surface area contributed by atoms with Crippen molar-refractivity contribution in [1.82, 2.24) is 4.98 Å². The average Bonchev–Trinajstić information content (AvgIpc) is 1.96. The van der Waals surface area contributed by atoms with Gasteiger partial charge in [-0.05, 0) is 0 Å². The SMILES string of the molecule is Nc1nccc(O[Cl+3]([O-])([O-])[O-])c1O. The van der Waals surface area contributed by atoms with Crippen molar-refractivity contribution in [1.29, 1.82) is 0 Å². The Morgan fingerprint density at radius 1 is 1.46 bits per heavy atom. The second kappa shape index (κ2) is 3.23. The van der Waals surface area contributed by atoms with Crippen LogP contribution in [-0.4, -0.2) is 10.1 Å². The summed E-state index contributed by atoms with van der Waals surface area (Å²) >= 11 is 0. The molecule has 3 N–H and O–H groups in total. The second-order valence-corrected chi connectivity index (χ2v) is 2.91. The van der Waals surface area contributed by atoms with Crippen LogP contribution in [-0.2, 0) is 0 Å². The Morgan fingerprint density at radius 3 is 2.62 bits per heavy atom. The average molecular weight is 209 g/mol. The van der Waals surface area contributed by atoms with Crippen molar-refractivity contribution < 1.29 is 33.6 Å². The Balaban J connectivity index is 2.96. The first-order valence-corrected chi connectivity index (χ1v) is 4.17. The van der Waals surface area contributed by atoms with Crippen LogP contribution in [0.2, 0.25) is 0 Å². The Bertz CT molecular complexity index is 312. The Morgan fingerprint density at radius 2 is 2.08 bits per heavy atom. The molecule has 8 heteroatoms. The van der Waals surface area contributed by atoms with E-state index in [1.165, 1.54) is 0 Å². The molecule has 0 amide bonds. The molecule has 7 nitrogen and oxygen atoms in total. The van der Waals surface area contributed by atoms with Crippen molar-refractivity contribution in [3.8, 4) is 11.5 Å². The first kappa shape index (κ1) is 9.81. The first-order chi connectivity index (χ1) is 5.90. The van der Waals surface area contributed by atoms with Crippen LogP contribution in [0, 0.1) is 10.2 Å². The van der Waals surface area contributed by atoms with Gasteiger partial charge in [0.25, 0.3) is 0 Å². The number of anilines is 1. The van der Waals surface area contributed by atoms with E-state index in [0.29, 0.717) is 0 Å². The van der Waals surface area contributed by atoms with Crippen LogP contribution in [0.5, 0.6) is 11.5 Å². The van der Waals surface area contributed by atoms with Crippen molar-refractivity contribution >= 4 is 5.82 Å². The summed E-state index contributed by atoms with van der Waals surface area (Å²) in [5, 5.41) is 9.04. The highest BCUT2D eigenvalue weighted by Crippen LogP contribution is 2.30. The van der Waals surface area contributed by atoms with Crippen LogP contribution in [0.25, 0.3) is 0 Å². The minimum Gasteiger partial charge on any atom is -0.501 e. The number of aromatic nitrogens is 1. The van der Waals surface area contributed by atoms with Crippen LogP contribution in [0.4, 0.5) is 5.82 Å². The summed E-state index contributed by atoms with van der Waals surface area (Å²) < 4.78 is 34.1. The van der Waals surface area contributed by atoms with E-state index >= 15 is 0 Å². The summed E-state index contributed by atoms with van der Waals surface area (Å²) in [4.78, 5) is 3.42. The number of halogens is 1. The fourth-order valence-electron chi connectivity index (χ4n) is 0.616. The zero-order valence-corrected chi connectivity index (χ0v) is 6.89. The molecule has 0 unspecified atom stereocenters. The number of hydrogen-bond donors (Lipinski definition) is 2. The molecule has 1 rings (SSSR count). The summed E-state index contributed by atoms with van der Waals surface area (Å²) in [6.45, 7) is 0. The number of nitrogens with two attached hydrogens (primary N) is 1. The lowest BCUT2D eigenvalue weighted by Crippen LogP contribution is -2.63. The van der Waals surface area contributed by atoms with E-state index in [1.54, 1.807) is 0 Å². The largest absolute Gasteiger partial charge is 0.501 e. The molecule has 0 radical (unpaired) electrons. The van der Waals surface area contributed by atoms with E-state index in [1.807, 2.05) is 0 Å². The molecule has 1 aromatic heterocycles. The summed E-state index contributed by atoms with van der Waals surface area (Å²) in [5.41, 5.74) is 5.10. The molecule has 0 fully saturated rings. The van der Waals surface area contributed by atoms with Crippen LogP contribution in [0.1, 0.15) is 0 Å². The molecule has 0 spiro atoms. The molecular formula is C5H5ClN2O5. The predicted octanol–water partition coefficient (Wildman–Crippen LogP) is -3.35. The highest BCUT2D eigenvalue weighted by molar-refractivity contribution is 5.53. The first-order valence-electron chi connectivity index (χ1n) is 2.94. The number of aromatic hydroxyl groups is 1. The van der Waals surface area contributed by atoms with Gasteiger partial charge in [0.05, 0.1) is 0 Å². The predicted molar refractivity (Wildman–Crippen MR) is 30.9 cm³/mol. The molecule has 13 heavy (non-hydrogen) atoms. The minimum absolute atomic E-state index is 0.323. The van der Waals surface area contributed by atoms with Crippen molar-refractivity contribution in [3.05, 3.63) is 12.3 Å². The Labute approximate surface area is 74.7 Å². The molecule has 0 atom stereocenters. The fourth-order valence-corrected chi connectivity index (χ4v) is 0.944. The molecule has 0 aliphatic heterocycles. The van der Waals surface area contributed by atoms with Gasteiger partial charge in [-0.1, -0.05) is 4.29 Å². The number of nitrogens with zero attached hydrogens (tertiary/aromatic N) is 1. The maximum absolute atomic E-state index is 10.1. The van der Waals surface area contributed by atoms with E-state index in [0.717, 1.165) is 12.3 Å². The third-order valence-corrected chi connectivity index (χ3v) is 1.45. The Hall–Kier alpha value is -1.28. The van der Waals surface area contributed by atoms with Gasteiger partial charge >= 0.3 is 5.75 Å². The number of pyridine rings is 1. The van der Waals surface area contributed by atoms with Crippen molar-refractivity contribution in [2.75, 3.05) is 5.73 Å². The monoisotopic (exact) mass is 208 g/mol. The van der Waals surface area contributed by atoms with Gasteiger partial charge in [0.2, 0.25) is 5.75 Å². The van der Waals surface area contributed by atoms with Gasteiger partial charge in [0.15, 0.2) is 5.82 Å². The number of hydrogen-bond acceptors (Lipinski definition) is 7. The lowest BCUT2D eigenvalue weighted by Gasteiger charge is -2.12. The maximum Gasteiger partial charge on any atom is 0.334 e. The zero-order valence-electron chi connectivity index (χ0n) is 6.14. The summed E-state index contributed by atoms with van der Waals surface area (Å²) in [5.74, 6) is -1.56. The molecular weight excluding hydrogens is 204 g/mol. The highest BCUT2D eigenvalue weighted by atomic mass is 35.7. The maximum atomic E-state index is 10.1. The summed E-state index contributed by atoms with van der Waals surface area (Å²) in [6.07, 6.45) is 1.09. The number of rotatable bonds is 2. The Kier molecular flexibility index (Phi) is 2.43. The van der Waals surface area contributed by atoms with Crippen LogP contribution >= 0.6 is 0 Å². The normalized spacial score (nSPS) is 11.3. The third-order valence-electron chi connectivity index (χ3n) is 1.09. The minimum atomic E-state index is -4.64. The molecule has 0 aromatic carbocycles. The molecule has 0 aliphatic rings. The van der Waals surface area contributed by atoms with Gasteiger partial charge in [0, 0.05) is 12.3 Å². The van der Waals surface area contributed by atoms with Gasteiger partial charge in [-0.25, -0.2) is 4.98 Å². The number of nitrogen functional groups attached to an aromatic ring is 1. The lowest BCUT2D eigenvalue weighted by molar-refractivity contribution is -1.91. The van der Waals surface area contributed by atoms with Crippen LogP contribution < -0.4 is 24.0 Å². The zero-order chi connectivity index (χ0) is 10.1. The molecule has 0 saturated heterocycles. The summed E-state index contributed by atoms with van der Waals surface area (Å²) in [6, 6.07) is 0.994. The van der Waals surface area contributed by atoms with Gasteiger partial charge in [0.1, 0.15) is 10.2 Å². The van der Waals surface area contributed by atoms with Crippen molar-refractivity contribution in [2.24, 2.45) is 0 Å². The summed E-state index contributed by atoms with van der Waals surface area (Å²) in [7, 11) is -4.64. The van der Waals surface area contributed by atoms with Crippen LogP contribution in [0.15, 0.2) is 12.3 Å². The van der Waals surface area contributed by atoms with Gasteiger partial charge in [-0.3, -0.25) is 0 Å². The van der Waals surface area contributed by atoms with Gasteiger partial charge < -0.3 is 10.8 Å². The van der Waals surface area contributed by atoms with E-state index < -0.39 is 21.7 Å². The van der Waals surface area contributed by atoms with Crippen molar-refractivity contribution in [3.63, 3.8) is 0 Å². The smallest absolute Gasteiger partial charge is 0.334 e. The fraction of sp³-hybridized carbons (Fsp3) is 0. The van der Waals surface area contributed by atoms with E-state index in [-0.39, 0.29) is 5.82 Å². The molecule has 0 saturated carbocycles. The molecule has 1 heterocycles. The standard InChI is InChI=1S/C5H5ClN2O5/c7-5-4(9)3(1-2-8-5)13-6(10,11)12/h1-2,9H,(H2,7,8). The van der Waals surface area contributed by atoms with E-state index in [4.69, 9.17) is 10.8 Å². The topological polar surface area (TPSA) is 138 Å². The van der Waals surface area contributed by atoms with Crippen molar-refractivity contribution in [2.45, 2.75) is 0 Å². The second-order valence-electron chi connectivity index (χ2n) is 2.00. The molecule has 72 valence electrons. The van der Waals surface area contributed by atoms with Crippen LogP contribution in [0.3, 0.4) is 0 Å². The highest BCUT2D eigenvalue weighted by Gasteiger charge is 2.24. The van der Waals surface area contributed by atoms with E-state index in [2.05, 4.69) is 9.27 Å². The molecule has 0 bridgehead atoms. The quantitative estimate of drug-likeness (QED) is 0.518. The van der Waals surface area contributed by atoms with Gasteiger partial charge in [-0.15, -0.1) is 0 Å². The lowest BCUT2D eigenvalue weighted by atomic mass is 10.4. The molecule has 0 aliphatic carbocycles. The third kappa shape index (κ3) is 2.60. The van der Waals surface area contributed by atoms with E-state index in [9.17, 15) is 14.0 Å². The molecule has 1 aromatic rings.